The van der Waals surface area contributed by atoms with Gasteiger partial charge >= 0.3 is 0 Å². The minimum atomic E-state index is -0.549. The van der Waals surface area contributed by atoms with Crippen LogP contribution in [0, 0.1) is 12.8 Å². The normalized spacial score (nSPS) is 21.1. The van der Waals surface area contributed by atoms with Crippen molar-refractivity contribution in [1.82, 2.24) is 14.2 Å². The SMILES string of the molecule is Cc1cc2c(=O)n(CC(O)C3CCOC3)ccn2n1. The molecule has 1 aliphatic rings. The summed E-state index contributed by atoms with van der Waals surface area (Å²) in [6.45, 7) is 3.41. The van der Waals surface area contributed by atoms with E-state index in [0.29, 0.717) is 25.3 Å². The summed E-state index contributed by atoms with van der Waals surface area (Å²) in [4.78, 5) is 12.3. The summed E-state index contributed by atoms with van der Waals surface area (Å²) in [6, 6.07) is 1.75. The lowest BCUT2D eigenvalue weighted by Gasteiger charge is -2.17. The minimum Gasteiger partial charge on any atom is -0.391 e. The van der Waals surface area contributed by atoms with Crippen LogP contribution in [0.15, 0.2) is 23.3 Å². The van der Waals surface area contributed by atoms with Crippen molar-refractivity contribution in [3.63, 3.8) is 0 Å². The van der Waals surface area contributed by atoms with E-state index < -0.39 is 6.10 Å². The summed E-state index contributed by atoms with van der Waals surface area (Å²) >= 11 is 0. The molecule has 6 nitrogen and oxygen atoms in total. The molecule has 1 N–H and O–H groups in total. The first-order valence-corrected chi connectivity index (χ1v) is 6.46. The molecule has 19 heavy (non-hydrogen) atoms. The van der Waals surface area contributed by atoms with Crippen LogP contribution in [0.2, 0.25) is 0 Å². The second kappa shape index (κ2) is 4.79. The quantitative estimate of drug-likeness (QED) is 0.859. The standard InChI is InChI=1S/C13H17N3O3/c1-9-6-11-13(18)15(3-4-16(11)14-9)7-12(17)10-2-5-19-8-10/h3-4,6,10,12,17H,2,5,7-8H2,1H3. The van der Waals surface area contributed by atoms with Crippen molar-refractivity contribution in [2.24, 2.45) is 5.92 Å². The zero-order valence-corrected chi connectivity index (χ0v) is 10.8. The van der Waals surface area contributed by atoms with Crippen LogP contribution in [-0.2, 0) is 11.3 Å². The Bertz CT molecular complexity index is 640. The molecule has 2 aromatic heterocycles. The molecule has 1 fully saturated rings. The molecule has 0 spiro atoms. The maximum Gasteiger partial charge on any atom is 0.276 e. The highest BCUT2D eigenvalue weighted by Crippen LogP contribution is 2.17. The average molecular weight is 263 g/mol. The minimum absolute atomic E-state index is 0.120. The monoisotopic (exact) mass is 263 g/mol. The molecule has 0 amide bonds. The van der Waals surface area contributed by atoms with Crippen LogP contribution in [0.25, 0.3) is 5.52 Å². The van der Waals surface area contributed by atoms with Gasteiger partial charge in [0.2, 0.25) is 0 Å². The van der Waals surface area contributed by atoms with Crippen molar-refractivity contribution >= 4 is 5.52 Å². The van der Waals surface area contributed by atoms with Gasteiger partial charge in [-0.25, -0.2) is 4.52 Å². The van der Waals surface area contributed by atoms with Gasteiger partial charge in [-0.05, 0) is 19.4 Å². The number of hydrogen-bond acceptors (Lipinski definition) is 4. The van der Waals surface area contributed by atoms with Gasteiger partial charge < -0.3 is 14.4 Å². The summed E-state index contributed by atoms with van der Waals surface area (Å²) in [5, 5.41) is 14.3. The van der Waals surface area contributed by atoms with Gasteiger partial charge in [0, 0.05) is 24.9 Å². The zero-order chi connectivity index (χ0) is 13.4. The molecular weight excluding hydrogens is 246 g/mol. The van der Waals surface area contributed by atoms with Gasteiger partial charge in [-0.1, -0.05) is 0 Å². The number of fused-ring (bicyclic) bond motifs is 1. The first kappa shape index (κ1) is 12.4. The maximum atomic E-state index is 12.3. The largest absolute Gasteiger partial charge is 0.391 e. The van der Waals surface area contributed by atoms with E-state index >= 15 is 0 Å². The Morgan fingerprint density at radius 3 is 3.16 bits per heavy atom. The van der Waals surface area contributed by atoms with E-state index in [2.05, 4.69) is 5.10 Å². The van der Waals surface area contributed by atoms with Crippen LogP contribution >= 0.6 is 0 Å². The second-order valence-corrected chi connectivity index (χ2v) is 5.06. The first-order chi connectivity index (χ1) is 9.15. The molecule has 2 aromatic rings. The number of aromatic nitrogens is 3. The van der Waals surface area contributed by atoms with E-state index in [-0.39, 0.29) is 11.5 Å². The fourth-order valence-corrected chi connectivity index (χ4v) is 2.50. The third-order valence-electron chi connectivity index (χ3n) is 3.62. The van der Waals surface area contributed by atoms with E-state index in [9.17, 15) is 9.90 Å². The third kappa shape index (κ3) is 2.29. The third-order valence-corrected chi connectivity index (χ3v) is 3.62. The lowest BCUT2D eigenvalue weighted by Crippen LogP contribution is -2.32. The Kier molecular flexibility index (Phi) is 3.12. The Morgan fingerprint density at radius 2 is 2.42 bits per heavy atom. The molecule has 1 saturated heterocycles. The Morgan fingerprint density at radius 1 is 1.58 bits per heavy atom. The van der Waals surface area contributed by atoms with Crippen molar-refractivity contribution in [2.75, 3.05) is 13.2 Å². The molecule has 6 heteroatoms. The number of aliphatic hydroxyl groups excluding tert-OH is 1. The number of aliphatic hydroxyl groups is 1. The van der Waals surface area contributed by atoms with Crippen LogP contribution in [0.5, 0.6) is 0 Å². The van der Waals surface area contributed by atoms with Gasteiger partial charge in [0.25, 0.3) is 5.56 Å². The highest BCUT2D eigenvalue weighted by atomic mass is 16.5. The molecule has 3 rings (SSSR count). The number of nitrogens with zero attached hydrogens (tertiary/aromatic N) is 3. The molecule has 0 aliphatic carbocycles. The van der Waals surface area contributed by atoms with E-state index in [0.717, 1.165) is 12.1 Å². The van der Waals surface area contributed by atoms with Gasteiger partial charge in [0.1, 0.15) is 5.52 Å². The Balaban J connectivity index is 1.88. The van der Waals surface area contributed by atoms with E-state index in [1.807, 2.05) is 6.92 Å². The molecule has 2 unspecified atom stereocenters. The lowest BCUT2D eigenvalue weighted by molar-refractivity contribution is 0.0770. The fraction of sp³-hybridized carbons (Fsp3) is 0.538. The highest BCUT2D eigenvalue weighted by molar-refractivity contribution is 5.44. The van der Waals surface area contributed by atoms with Crippen molar-refractivity contribution in [2.45, 2.75) is 26.0 Å². The van der Waals surface area contributed by atoms with Gasteiger partial charge in [0.05, 0.1) is 24.9 Å². The highest BCUT2D eigenvalue weighted by Gasteiger charge is 2.24. The summed E-state index contributed by atoms with van der Waals surface area (Å²) in [5.74, 6) is 0.120. The maximum absolute atomic E-state index is 12.3. The smallest absolute Gasteiger partial charge is 0.276 e. The molecule has 1 aliphatic heterocycles. The molecule has 0 aromatic carbocycles. The summed E-state index contributed by atoms with van der Waals surface area (Å²) in [6.07, 6.45) is 3.71. The predicted octanol–water partition coefficient (Wildman–Crippen LogP) is 0.202. The van der Waals surface area contributed by atoms with Gasteiger partial charge in [-0.15, -0.1) is 0 Å². The van der Waals surface area contributed by atoms with E-state index in [1.165, 1.54) is 0 Å². The summed E-state index contributed by atoms with van der Waals surface area (Å²) < 4.78 is 8.37. The van der Waals surface area contributed by atoms with Crippen LogP contribution in [-0.4, -0.2) is 38.6 Å². The van der Waals surface area contributed by atoms with Crippen LogP contribution in [0.3, 0.4) is 0 Å². The number of aryl methyl sites for hydroxylation is 1. The molecule has 0 saturated carbocycles. The van der Waals surface area contributed by atoms with Gasteiger partial charge in [-0.2, -0.15) is 5.10 Å². The van der Waals surface area contributed by atoms with Crippen molar-refractivity contribution < 1.29 is 9.84 Å². The number of hydrogen-bond donors (Lipinski definition) is 1. The number of ether oxygens (including phenoxy) is 1. The predicted molar refractivity (Wildman–Crippen MR) is 69.1 cm³/mol. The first-order valence-electron chi connectivity index (χ1n) is 6.46. The average Bonchev–Trinajstić information content (AvgIpc) is 3.01. The molecule has 0 radical (unpaired) electrons. The second-order valence-electron chi connectivity index (χ2n) is 5.06. The fourth-order valence-electron chi connectivity index (χ4n) is 2.50. The Hall–Kier alpha value is -1.66. The molecule has 3 heterocycles. The molecule has 2 atom stereocenters. The molecular formula is C13H17N3O3. The van der Waals surface area contributed by atoms with Crippen molar-refractivity contribution in [1.29, 1.82) is 0 Å². The lowest BCUT2D eigenvalue weighted by atomic mass is 10.0. The summed E-state index contributed by atoms with van der Waals surface area (Å²) in [7, 11) is 0. The molecule has 0 bridgehead atoms. The van der Waals surface area contributed by atoms with E-state index in [1.54, 1.807) is 27.5 Å². The van der Waals surface area contributed by atoms with Crippen molar-refractivity contribution in [3.05, 3.63) is 34.5 Å². The van der Waals surface area contributed by atoms with Crippen molar-refractivity contribution in [3.8, 4) is 0 Å². The Labute approximate surface area is 110 Å². The topological polar surface area (TPSA) is 68.8 Å². The van der Waals surface area contributed by atoms with Gasteiger partial charge in [-0.3, -0.25) is 4.79 Å². The van der Waals surface area contributed by atoms with Crippen LogP contribution < -0.4 is 5.56 Å². The summed E-state index contributed by atoms with van der Waals surface area (Å²) in [5.41, 5.74) is 1.22. The number of rotatable bonds is 3. The van der Waals surface area contributed by atoms with Crippen LogP contribution in [0.4, 0.5) is 0 Å². The molecule has 102 valence electrons. The van der Waals surface area contributed by atoms with E-state index in [4.69, 9.17) is 4.74 Å². The van der Waals surface area contributed by atoms with Crippen LogP contribution in [0.1, 0.15) is 12.1 Å². The van der Waals surface area contributed by atoms with Gasteiger partial charge in [0.15, 0.2) is 0 Å². The zero-order valence-electron chi connectivity index (χ0n) is 10.8.